The average Bonchev–Trinajstić information content (AvgIpc) is 3.60. The third kappa shape index (κ3) is 6.10. The van der Waals surface area contributed by atoms with Crippen molar-refractivity contribution in [3.63, 3.8) is 0 Å². The molecule has 2 atom stereocenters. The number of halogens is 5. The number of amides is 1. The van der Waals surface area contributed by atoms with Crippen LogP contribution in [-0.4, -0.2) is 41.7 Å². The maximum Gasteiger partial charge on any atom is 0.455 e. The number of alkyl halides is 5. The summed E-state index contributed by atoms with van der Waals surface area (Å²) in [6.07, 6.45) is -5.10. The molecule has 0 radical (unpaired) electrons. The van der Waals surface area contributed by atoms with Crippen molar-refractivity contribution in [2.75, 3.05) is 7.11 Å². The van der Waals surface area contributed by atoms with Crippen molar-refractivity contribution in [3.05, 3.63) is 48.0 Å². The van der Waals surface area contributed by atoms with Crippen LogP contribution in [0.25, 0.3) is 11.3 Å². The zero-order chi connectivity index (χ0) is 26.7. The van der Waals surface area contributed by atoms with E-state index in [2.05, 4.69) is 15.6 Å². The lowest BCUT2D eigenvalue weighted by Gasteiger charge is -2.33. The van der Waals surface area contributed by atoms with E-state index in [4.69, 9.17) is 4.74 Å². The van der Waals surface area contributed by atoms with Crippen LogP contribution in [0.15, 0.2) is 42.5 Å². The molecule has 1 heterocycles. The maximum atomic E-state index is 14.8. The summed E-state index contributed by atoms with van der Waals surface area (Å²) in [7, 11) is 1.43. The fourth-order valence-electron chi connectivity index (χ4n) is 3.75. The predicted octanol–water partition coefficient (Wildman–Crippen LogP) is 5.17. The Kier molecular flexibility index (Phi) is 7.88. The zero-order valence-electron chi connectivity index (χ0n) is 20.0. The molecule has 1 aromatic carbocycles. The van der Waals surface area contributed by atoms with Gasteiger partial charge in [-0.05, 0) is 36.8 Å². The molecule has 1 aromatic heterocycles. The molecule has 0 bridgehead atoms. The van der Waals surface area contributed by atoms with Gasteiger partial charge in [-0.15, -0.1) is 0 Å². The van der Waals surface area contributed by atoms with E-state index in [1.54, 1.807) is 32.0 Å². The van der Waals surface area contributed by atoms with Gasteiger partial charge in [-0.3, -0.25) is 10.1 Å². The van der Waals surface area contributed by atoms with Crippen molar-refractivity contribution < 1.29 is 31.5 Å². The van der Waals surface area contributed by atoms with Gasteiger partial charge in [0.2, 0.25) is 11.8 Å². The molecule has 1 amide bonds. The highest BCUT2D eigenvalue weighted by atomic mass is 19.4. The first-order valence-electron chi connectivity index (χ1n) is 11.4. The van der Waals surface area contributed by atoms with Crippen LogP contribution in [0.1, 0.15) is 44.7 Å². The van der Waals surface area contributed by atoms with Gasteiger partial charge in [0.25, 0.3) is 0 Å². The molecule has 2 aromatic rings. The van der Waals surface area contributed by atoms with Crippen LogP contribution < -0.4 is 15.4 Å². The number of nitrogens with one attached hydrogen (secondary N) is 2. The van der Waals surface area contributed by atoms with E-state index in [1.807, 2.05) is 6.07 Å². The lowest BCUT2D eigenvalue weighted by molar-refractivity contribution is -0.295. The first kappa shape index (κ1) is 27.3. The Morgan fingerprint density at radius 2 is 1.78 bits per heavy atom. The van der Waals surface area contributed by atoms with E-state index in [1.165, 1.54) is 19.2 Å². The number of carbonyl (C=O) groups excluding carboxylic acids is 1. The Bertz CT molecular complexity index is 1110. The maximum absolute atomic E-state index is 14.8. The molecule has 0 spiro atoms. The Labute approximate surface area is 205 Å². The van der Waals surface area contributed by atoms with Gasteiger partial charge in [0, 0.05) is 11.6 Å². The van der Waals surface area contributed by atoms with Gasteiger partial charge in [0.15, 0.2) is 0 Å². The normalized spacial score (nSPS) is 16.7. The standard InChI is InChI=1S/C25H27F5N4O2/c1-15(2)13-19(22(35)34-23(14-31)11-12-23)33-21(24(26,27)25(28,29)30)17-9-7-16(8-10-17)18-5-4-6-20(32-18)36-3/h4-10,15,19,21,33H,11-13H2,1-3H3,(H,34,35)/t19-,21-/m0/s1. The zero-order valence-corrected chi connectivity index (χ0v) is 20.0. The van der Waals surface area contributed by atoms with Gasteiger partial charge in [0.1, 0.15) is 11.6 Å². The minimum atomic E-state index is -5.87. The van der Waals surface area contributed by atoms with Gasteiger partial charge >= 0.3 is 12.1 Å². The highest BCUT2D eigenvalue weighted by Gasteiger charge is 2.63. The Morgan fingerprint density at radius 3 is 2.28 bits per heavy atom. The van der Waals surface area contributed by atoms with Gasteiger partial charge in [0.05, 0.1) is 24.9 Å². The van der Waals surface area contributed by atoms with E-state index in [0.29, 0.717) is 30.0 Å². The van der Waals surface area contributed by atoms with Crippen LogP contribution in [0.4, 0.5) is 22.0 Å². The summed E-state index contributed by atoms with van der Waals surface area (Å²) < 4.78 is 75.1. The monoisotopic (exact) mass is 510 g/mol. The summed E-state index contributed by atoms with van der Waals surface area (Å²) in [5, 5.41) is 14.0. The molecule has 1 aliphatic rings. The number of hydrogen-bond donors (Lipinski definition) is 2. The van der Waals surface area contributed by atoms with E-state index < -0.39 is 35.6 Å². The van der Waals surface area contributed by atoms with Gasteiger partial charge in [-0.1, -0.05) is 44.2 Å². The minimum absolute atomic E-state index is 0.0103. The lowest BCUT2D eigenvalue weighted by atomic mass is 9.94. The number of benzene rings is 1. The highest BCUT2D eigenvalue weighted by Crippen LogP contribution is 2.45. The molecule has 1 aliphatic carbocycles. The fourth-order valence-corrected chi connectivity index (χ4v) is 3.75. The molecular weight excluding hydrogens is 483 g/mol. The molecule has 6 nitrogen and oxygen atoms in total. The predicted molar refractivity (Wildman–Crippen MR) is 122 cm³/mol. The van der Waals surface area contributed by atoms with E-state index in [-0.39, 0.29) is 17.9 Å². The SMILES string of the molecule is COc1cccc(-c2ccc([C@H](N[C@@H](CC(C)C)C(=O)NC3(C#N)CC3)C(F)(F)C(F)(F)F)cc2)n1. The lowest BCUT2D eigenvalue weighted by Crippen LogP contribution is -2.55. The number of carbonyl (C=O) groups is 1. The summed E-state index contributed by atoms with van der Waals surface area (Å²) in [5.74, 6) is -5.87. The number of methoxy groups -OCH3 is 1. The molecule has 0 unspecified atom stereocenters. The highest BCUT2D eigenvalue weighted by molar-refractivity contribution is 5.83. The summed E-state index contributed by atoms with van der Waals surface area (Å²) >= 11 is 0. The van der Waals surface area contributed by atoms with Crippen LogP contribution in [0.5, 0.6) is 5.88 Å². The quantitative estimate of drug-likeness (QED) is 0.431. The van der Waals surface area contributed by atoms with Crippen LogP contribution >= 0.6 is 0 Å². The van der Waals surface area contributed by atoms with Crippen LogP contribution in [-0.2, 0) is 4.79 Å². The summed E-state index contributed by atoms with van der Waals surface area (Å²) in [6, 6.07) is 8.01. The first-order valence-corrected chi connectivity index (χ1v) is 11.4. The summed E-state index contributed by atoms with van der Waals surface area (Å²) in [4.78, 5) is 17.1. The van der Waals surface area contributed by atoms with Crippen LogP contribution in [0.2, 0.25) is 0 Å². The number of pyridine rings is 1. The molecule has 1 fully saturated rings. The van der Waals surface area contributed by atoms with Crippen molar-refractivity contribution in [1.82, 2.24) is 15.6 Å². The number of nitrogens with zero attached hydrogens (tertiary/aromatic N) is 2. The van der Waals surface area contributed by atoms with E-state index in [9.17, 15) is 32.0 Å². The third-order valence-electron chi connectivity index (χ3n) is 5.93. The van der Waals surface area contributed by atoms with Crippen molar-refractivity contribution in [3.8, 4) is 23.2 Å². The molecule has 11 heteroatoms. The largest absolute Gasteiger partial charge is 0.481 e. The van der Waals surface area contributed by atoms with Crippen LogP contribution in [0, 0.1) is 17.2 Å². The number of rotatable bonds is 10. The molecule has 3 rings (SSSR count). The molecule has 194 valence electrons. The molecule has 2 N–H and O–H groups in total. The smallest absolute Gasteiger partial charge is 0.455 e. The number of aromatic nitrogens is 1. The van der Waals surface area contributed by atoms with E-state index >= 15 is 0 Å². The molecule has 0 aliphatic heterocycles. The van der Waals surface area contributed by atoms with Gasteiger partial charge in [-0.2, -0.15) is 27.2 Å². The van der Waals surface area contributed by atoms with Crippen molar-refractivity contribution in [2.45, 2.75) is 62.8 Å². The third-order valence-corrected chi connectivity index (χ3v) is 5.93. The van der Waals surface area contributed by atoms with Crippen molar-refractivity contribution in [2.24, 2.45) is 5.92 Å². The van der Waals surface area contributed by atoms with E-state index in [0.717, 1.165) is 12.1 Å². The second-order valence-electron chi connectivity index (χ2n) is 9.27. The molecule has 0 saturated heterocycles. The minimum Gasteiger partial charge on any atom is -0.481 e. The number of hydrogen-bond acceptors (Lipinski definition) is 5. The first-order chi connectivity index (χ1) is 16.8. The Balaban J connectivity index is 1.95. The fraction of sp³-hybridized carbons (Fsp3) is 0.480. The van der Waals surface area contributed by atoms with Crippen molar-refractivity contribution in [1.29, 1.82) is 5.26 Å². The average molecular weight is 511 g/mol. The molecule has 36 heavy (non-hydrogen) atoms. The van der Waals surface area contributed by atoms with Crippen molar-refractivity contribution >= 4 is 5.91 Å². The second kappa shape index (κ2) is 10.4. The second-order valence-corrected chi connectivity index (χ2v) is 9.27. The topological polar surface area (TPSA) is 87.0 Å². The van der Waals surface area contributed by atoms with Gasteiger partial charge < -0.3 is 10.1 Å². The number of nitriles is 1. The Hall–Kier alpha value is -3.26. The summed E-state index contributed by atoms with van der Waals surface area (Å²) in [6.45, 7) is 3.43. The van der Waals surface area contributed by atoms with Gasteiger partial charge in [-0.25, -0.2) is 4.98 Å². The summed E-state index contributed by atoms with van der Waals surface area (Å²) in [5.41, 5.74) is -0.530. The molecule has 1 saturated carbocycles. The van der Waals surface area contributed by atoms with Crippen LogP contribution in [0.3, 0.4) is 0 Å². The molecular formula is C25H27F5N4O2. The Morgan fingerprint density at radius 1 is 1.14 bits per heavy atom. The number of ether oxygens (including phenoxy) is 1.